The molecular formula is C63H63Cl3N18O6. The molecule has 16 rings (SSSR count). The number of aromatic hydroxyl groups is 1. The number of aliphatic imine (C=N–C) groups is 2. The fourth-order valence-corrected chi connectivity index (χ4v) is 10.8. The van der Waals surface area contributed by atoms with E-state index in [9.17, 15) is 0 Å². The van der Waals surface area contributed by atoms with E-state index in [4.69, 9.17) is 63.6 Å². The van der Waals surface area contributed by atoms with Gasteiger partial charge in [-0.2, -0.15) is 9.97 Å². The molecule has 24 nitrogen and oxygen atoms in total. The van der Waals surface area contributed by atoms with Crippen molar-refractivity contribution in [1.29, 1.82) is 0 Å². The maximum absolute atomic E-state index is 8.63. The number of hydrogen-bond acceptors (Lipinski definition) is 21. The Morgan fingerprint density at radius 2 is 0.967 bits per heavy atom. The van der Waals surface area contributed by atoms with Crippen molar-refractivity contribution in [2.75, 3.05) is 19.8 Å². The number of fused-ring (bicyclic) bond motifs is 5. The molecule has 0 aliphatic carbocycles. The summed E-state index contributed by atoms with van der Waals surface area (Å²) in [5.74, 6) is 4.54. The summed E-state index contributed by atoms with van der Waals surface area (Å²) in [5.41, 5.74) is 8.60. The van der Waals surface area contributed by atoms with E-state index in [0.717, 1.165) is 146 Å². The lowest BCUT2D eigenvalue weighted by Gasteiger charge is -2.24. The van der Waals surface area contributed by atoms with Crippen LogP contribution in [0, 0.1) is 13.8 Å². The van der Waals surface area contributed by atoms with Crippen molar-refractivity contribution < 1.29 is 28.8 Å². The van der Waals surface area contributed by atoms with Crippen LogP contribution in [0.5, 0.6) is 29.0 Å². The molecule has 0 radical (unpaired) electrons. The number of benzene rings is 3. The van der Waals surface area contributed by atoms with Crippen LogP contribution in [-0.2, 0) is 27.1 Å². The fraction of sp³-hybridized carbons (Fsp3) is 0.317. The van der Waals surface area contributed by atoms with E-state index in [1.807, 2.05) is 101 Å². The highest BCUT2D eigenvalue weighted by Gasteiger charge is 2.26. The smallest absolute Gasteiger partial charge is 0.250 e. The maximum Gasteiger partial charge on any atom is 0.250 e. The molecule has 0 bridgehead atoms. The zero-order chi connectivity index (χ0) is 62.2. The van der Waals surface area contributed by atoms with Crippen LogP contribution in [0.2, 0.25) is 15.5 Å². The Kier molecular flexibility index (Phi) is 21.2. The first-order valence-electron chi connectivity index (χ1n) is 29.4. The van der Waals surface area contributed by atoms with Crippen LogP contribution in [0.4, 0.5) is 11.4 Å². The van der Waals surface area contributed by atoms with Crippen LogP contribution in [0.3, 0.4) is 0 Å². The normalized spacial score (nSPS) is 17.1. The molecule has 5 aliphatic rings. The van der Waals surface area contributed by atoms with Gasteiger partial charge in [0.25, 0.3) is 5.88 Å². The molecule has 462 valence electrons. The van der Waals surface area contributed by atoms with E-state index in [1.165, 1.54) is 44.5 Å². The predicted octanol–water partition coefficient (Wildman–Crippen LogP) is 14.0. The van der Waals surface area contributed by atoms with Gasteiger partial charge < -0.3 is 28.8 Å². The fourth-order valence-electron chi connectivity index (χ4n) is 10.3. The zero-order valence-corrected chi connectivity index (χ0v) is 51.8. The molecular weight excluding hydrogens is 1210 g/mol. The molecule has 13 heterocycles. The van der Waals surface area contributed by atoms with Crippen molar-refractivity contribution in [2.45, 2.75) is 110 Å². The van der Waals surface area contributed by atoms with Crippen LogP contribution < -0.4 is 9.47 Å². The van der Waals surface area contributed by atoms with E-state index in [2.05, 4.69) is 74.8 Å². The third-order valence-corrected chi connectivity index (χ3v) is 15.3. The average Bonchev–Trinajstić information content (AvgIpc) is 1.82. The number of imidazole rings is 3. The van der Waals surface area contributed by atoms with Crippen LogP contribution in [0.15, 0.2) is 139 Å². The Labute approximate surface area is 532 Å². The summed E-state index contributed by atoms with van der Waals surface area (Å²) in [5, 5.41) is 9.86. The van der Waals surface area contributed by atoms with E-state index < -0.39 is 0 Å². The molecule has 3 atom stereocenters. The second kappa shape index (κ2) is 30.4. The van der Waals surface area contributed by atoms with Crippen LogP contribution in [-0.4, -0.2) is 115 Å². The van der Waals surface area contributed by atoms with Crippen molar-refractivity contribution in [3.8, 4) is 29.0 Å². The van der Waals surface area contributed by atoms with E-state index >= 15 is 0 Å². The molecule has 3 unspecified atom stereocenters. The second-order valence-corrected chi connectivity index (χ2v) is 21.9. The summed E-state index contributed by atoms with van der Waals surface area (Å²) in [7, 11) is 0. The second-order valence-electron chi connectivity index (χ2n) is 20.8. The number of ether oxygens (including phenoxy) is 5. The molecule has 0 amide bonds. The third-order valence-electron chi connectivity index (χ3n) is 14.5. The van der Waals surface area contributed by atoms with Crippen molar-refractivity contribution in [3.63, 3.8) is 0 Å². The maximum atomic E-state index is 8.63. The third kappa shape index (κ3) is 15.5. The number of nitrogens with zero attached hydrogens (tertiary/aromatic N) is 18. The minimum absolute atomic E-state index is 0.00627. The summed E-state index contributed by atoms with van der Waals surface area (Å²) < 4.78 is 34.9. The predicted molar refractivity (Wildman–Crippen MR) is 341 cm³/mol. The Morgan fingerprint density at radius 1 is 0.478 bits per heavy atom. The quantitative estimate of drug-likeness (QED) is 0.145. The first-order chi connectivity index (χ1) is 44.1. The number of aromatic nitrogens is 16. The number of phenolic OH excluding ortho intramolecular Hbond substituents is 1. The van der Waals surface area contributed by atoms with Gasteiger partial charge in [0.2, 0.25) is 5.88 Å². The molecule has 3 saturated heterocycles. The number of rotatable bonds is 7. The summed E-state index contributed by atoms with van der Waals surface area (Å²) in [6.07, 6.45) is 22.3. The zero-order valence-electron chi connectivity index (χ0n) is 49.5. The summed E-state index contributed by atoms with van der Waals surface area (Å²) >= 11 is 17.7. The van der Waals surface area contributed by atoms with E-state index in [1.54, 1.807) is 36.8 Å². The lowest BCUT2D eigenvalue weighted by molar-refractivity contribution is -0.0310. The van der Waals surface area contributed by atoms with Gasteiger partial charge in [-0.15, -0.1) is 0 Å². The standard InChI is InChI=1S/C17H18N4O2.C13H11N3O.C11H13ClN4O.C10H11ClN4O.C6H4ClN3.C6H6O/c1-12-20-15-16(21(12)14-9-5-6-10-22-14)18-11-19-17(15)23-13-7-3-2-4-8-13;1-9-7-11-12(16-9)13(15-8-14-11)17-10-5-3-2-4-6-10;1-7-15-9-10(12)13-6-14-11(9)16(7)8-4-2-3-5-17-8;11-9-8-10(13-5-12-9)15(6-14-8)7-3-1-2-4-16-7;7-6-5-4(1-2-8-5)9-3-10-6;7-6-4-2-1-3-5-6/h2-4,7-8,11,14H,5-6,9-10H2,1H3;2-6,8H,7H2,1H3;6,8H,2-5H2,1H3;5-7H,1-4H2;2-3H,1H2;1-5,7H. The largest absolute Gasteiger partial charge is 0.508 e. The molecule has 0 spiro atoms. The summed E-state index contributed by atoms with van der Waals surface area (Å²) in [6, 6.07) is 27.9. The SMILES string of the molecule is CC1=Nc2c(ncnc2Oc2ccccc2)C1.Cc1nc2c(Cl)ncnc2n1C1CCCCO1.Cc1nc2c(Oc3ccccc3)ncnc2n1C1CCCCO1.Clc1ncnc2c1N=CC2.Clc1ncnc2c1ncn2C1CCCCO1.Oc1ccccc1. The van der Waals surface area contributed by atoms with Crippen molar-refractivity contribution in [1.82, 2.24) is 78.5 Å². The van der Waals surface area contributed by atoms with Gasteiger partial charge in [-0.1, -0.05) is 89.4 Å². The van der Waals surface area contributed by atoms with E-state index in [0.29, 0.717) is 49.5 Å². The number of hydrogen-bond donors (Lipinski definition) is 1. The van der Waals surface area contributed by atoms with E-state index in [-0.39, 0.29) is 18.7 Å². The average molecular weight is 1270 g/mol. The number of aryl methyl sites for hydroxylation is 2. The number of para-hydroxylation sites is 3. The Hall–Kier alpha value is -9.04. The van der Waals surface area contributed by atoms with Crippen LogP contribution in [0.25, 0.3) is 33.5 Å². The minimum atomic E-state index is -0.00627. The van der Waals surface area contributed by atoms with Crippen molar-refractivity contribution >= 4 is 91.6 Å². The molecule has 3 aromatic carbocycles. The molecule has 11 aromatic rings. The van der Waals surface area contributed by atoms with Gasteiger partial charge in [-0.3, -0.25) is 23.7 Å². The monoisotopic (exact) mass is 1270 g/mol. The molecule has 8 aromatic heterocycles. The lowest BCUT2D eigenvalue weighted by Crippen LogP contribution is -2.19. The minimum Gasteiger partial charge on any atom is -0.508 e. The Bertz CT molecular complexity index is 4220. The molecule has 27 heteroatoms. The molecule has 0 saturated carbocycles. The Balaban J connectivity index is 0.000000114. The van der Waals surface area contributed by atoms with Gasteiger partial charge in [-0.25, -0.2) is 54.8 Å². The van der Waals surface area contributed by atoms with Gasteiger partial charge in [0, 0.05) is 44.6 Å². The molecule has 1 N–H and O–H groups in total. The van der Waals surface area contributed by atoms with Crippen LogP contribution in [0.1, 0.15) is 106 Å². The Morgan fingerprint density at radius 3 is 1.54 bits per heavy atom. The lowest BCUT2D eigenvalue weighted by atomic mass is 10.2. The molecule has 3 fully saturated rings. The number of phenols is 1. The number of halogens is 3. The van der Waals surface area contributed by atoms with Crippen molar-refractivity contribution in [2.24, 2.45) is 9.98 Å². The van der Waals surface area contributed by atoms with Gasteiger partial charge in [0.05, 0.1) is 17.7 Å². The first-order valence-corrected chi connectivity index (χ1v) is 30.5. The van der Waals surface area contributed by atoms with Gasteiger partial charge in [0.15, 0.2) is 37.9 Å². The van der Waals surface area contributed by atoms with Crippen LogP contribution >= 0.6 is 34.8 Å². The van der Waals surface area contributed by atoms with Gasteiger partial charge >= 0.3 is 0 Å². The molecule has 90 heavy (non-hydrogen) atoms. The summed E-state index contributed by atoms with van der Waals surface area (Å²) in [6.45, 7) is 8.25. The van der Waals surface area contributed by atoms with Gasteiger partial charge in [0.1, 0.15) is 102 Å². The highest BCUT2D eigenvalue weighted by molar-refractivity contribution is 6.34. The topological polar surface area (TPSA) is 273 Å². The highest BCUT2D eigenvalue weighted by atomic mass is 35.5. The summed E-state index contributed by atoms with van der Waals surface area (Å²) in [4.78, 5) is 62.8. The first kappa shape index (κ1) is 62.6. The highest BCUT2D eigenvalue weighted by Crippen LogP contribution is 2.37. The molecule has 5 aliphatic heterocycles. The van der Waals surface area contributed by atoms with Gasteiger partial charge in [-0.05, 0) is 115 Å². The van der Waals surface area contributed by atoms with Crippen molar-refractivity contribution in [3.05, 3.63) is 167 Å².